The van der Waals surface area contributed by atoms with E-state index in [9.17, 15) is 9.46 Å². The second kappa shape index (κ2) is 6.58. The van der Waals surface area contributed by atoms with Gasteiger partial charge in [-0.05, 0) is 12.1 Å². The minimum absolute atomic E-state index is 0. The first-order valence-electron chi connectivity index (χ1n) is 3.54. The minimum Gasteiger partial charge on any atom is -0.746 e. The molecule has 1 aromatic rings. The van der Waals surface area contributed by atoms with Gasteiger partial charge in [0.1, 0.15) is 12.5 Å². The van der Waals surface area contributed by atoms with Gasteiger partial charge in [-0.15, -0.1) is 0 Å². The van der Waals surface area contributed by atoms with E-state index in [1.54, 1.807) is 18.2 Å². The summed E-state index contributed by atoms with van der Waals surface area (Å²) in [6.45, 7) is -0.423. The summed E-state index contributed by atoms with van der Waals surface area (Å²) in [5, 5.41) is 0. The number of phosphoric ester groups is 1. The normalized spacial score (nSPS) is 13.9. The van der Waals surface area contributed by atoms with Crippen molar-refractivity contribution in [1.82, 2.24) is 0 Å². The molecular weight excluding hydrogens is 216 g/mol. The van der Waals surface area contributed by atoms with Crippen LogP contribution in [0.1, 0.15) is 0 Å². The van der Waals surface area contributed by atoms with Gasteiger partial charge in [0.25, 0.3) is 0 Å². The predicted octanol–water partition coefficient (Wildman–Crippen LogP) is -2.53. The van der Waals surface area contributed by atoms with Crippen LogP contribution < -0.4 is 44.7 Å². The molecule has 0 amide bonds. The maximum atomic E-state index is 10.9. The first-order chi connectivity index (χ1) is 6.14. The number of benzene rings is 1. The predicted molar refractivity (Wildman–Crippen MR) is 44.8 cm³/mol. The zero-order chi connectivity index (χ0) is 9.73. The largest absolute Gasteiger partial charge is 1.00 e. The Bertz CT molecular complexity index is 308. The van der Waals surface area contributed by atoms with Crippen molar-refractivity contribution >= 4 is 7.82 Å². The van der Waals surface area contributed by atoms with Crippen LogP contribution in [0.2, 0.25) is 0 Å². The zero-order valence-corrected chi connectivity index (χ0v) is 10.6. The van der Waals surface area contributed by atoms with E-state index in [0.29, 0.717) is 0 Å². The Kier molecular flexibility index (Phi) is 6.64. The van der Waals surface area contributed by atoms with E-state index in [0.717, 1.165) is 0 Å². The van der Waals surface area contributed by atoms with Crippen molar-refractivity contribution in [3.63, 3.8) is 0 Å². The van der Waals surface area contributed by atoms with Crippen LogP contribution in [0.5, 0.6) is 5.75 Å². The molecule has 0 radical (unpaired) electrons. The summed E-state index contributed by atoms with van der Waals surface area (Å²) in [5.41, 5.74) is 4.89. The second-order valence-electron chi connectivity index (χ2n) is 2.15. The molecule has 2 N–H and O–H groups in total. The van der Waals surface area contributed by atoms with Crippen LogP contribution in [0.3, 0.4) is 0 Å². The summed E-state index contributed by atoms with van der Waals surface area (Å²) < 4.78 is 19.6. The van der Waals surface area contributed by atoms with E-state index in [1.807, 2.05) is 0 Å². The van der Waals surface area contributed by atoms with E-state index < -0.39 is 14.6 Å². The quantitative estimate of drug-likeness (QED) is 0.347. The van der Waals surface area contributed by atoms with Crippen molar-refractivity contribution < 1.29 is 48.1 Å². The Morgan fingerprint density at radius 2 is 1.93 bits per heavy atom. The third-order valence-electron chi connectivity index (χ3n) is 1.19. The number of phosphoric acid groups is 1. The van der Waals surface area contributed by atoms with Gasteiger partial charge in [-0.2, -0.15) is 0 Å². The maximum absolute atomic E-state index is 10.9. The van der Waals surface area contributed by atoms with Crippen molar-refractivity contribution in [1.29, 1.82) is 0 Å². The van der Waals surface area contributed by atoms with E-state index >= 15 is 0 Å². The maximum Gasteiger partial charge on any atom is 1.00 e. The Morgan fingerprint density at radius 3 is 2.43 bits per heavy atom. The van der Waals surface area contributed by atoms with Crippen molar-refractivity contribution in [2.45, 2.75) is 0 Å². The van der Waals surface area contributed by atoms with Crippen molar-refractivity contribution in [2.24, 2.45) is 5.73 Å². The van der Waals surface area contributed by atoms with Gasteiger partial charge in [-0.3, -0.25) is 9.09 Å². The van der Waals surface area contributed by atoms with Crippen LogP contribution in [-0.4, -0.2) is 6.73 Å². The van der Waals surface area contributed by atoms with Gasteiger partial charge in [-0.1, -0.05) is 18.2 Å². The second-order valence-corrected chi connectivity index (χ2v) is 3.48. The summed E-state index contributed by atoms with van der Waals surface area (Å²) in [4.78, 5) is 10.9. The molecule has 0 aliphatic heterocycles. The van der Waals surface area contributed by atoms with Gasteiger partial charge in [0.15, 0.2) is 0 Å². The molecule has 1 unspecified atom stereocenters. The SMILES string of the molecule is NCOP(=O)([O-])Oc1ccccc1.[Na+]. The zero-order valence-electron chi connectivity index (χ0n) is 7.75. The van der Waals surface area contributed by atoms with Crippen molar-refractivity contribution in [2.75, 3.05) is 6.73 Å². The molecule has 0 fully saturated rings. The summed E-state index contributed by atoms with van der Waals surface area (Å²) in [6.07, 6.45) is 0. The van der Waals surface area contributed by atoms with Gasteiger partial charge in [0.2, 0.25) is 0 Å². The van der Waals surface area contributed by atoms with Gasteiger partial charge in [-0.25, -0.2) is 0 Å². The van der Waals surface area contributed by atoms with E-state index in [1.165, 1.54) is 12.1 Å². The van der Waals surface area contributed by atoms with Crippen LogP contribution in [0, 0.1) is 0 Å². The van der Waals surface area contributed by atoms with Crippen LogP contribution in [0.25, 0.3) is 0 Å². The third-order valence-corrected chi connectivity index (χ3v) is 2.09. The van der Waals surface area contributed by atoms with Crippen LogP contribution in [0.15, 0.2) is 30.3 Å². The molecule has 1 atom stereocenters. The minimum atomic E-state index is -4.29. The molecule has 5 nitrogen and oxygen atoms in total. The molecule has 0 bridgehead atoms. The van der Waals surface area contributed by atoms with Gasteiger partial charge >= 0.3 is 37.4 Å². The molecule has 1 aromatic carbocycles. The van der Waals surface area contributed by atoms with E-state index in [-0.39, 0.29) is 35.3 Å². The molecule has 0 aliphatic rings. The fourth-order valence-corrected chi connectivity index (χ4v) is 1.34. The van der Waals surface area contributed by atoms with E-state index in [4.69, 9.17) is 5.73 Å². The number of nitrogens with two attached hydrogens (primary N) is 1. The Morgan fingerprint density at radius 1 is 1.36 bits per heavy atom. The molecule has 0 spiro atoms. The number of hydrogen-bond acceptors (Lipinski definition) is 5. The number of hydrogen-bond donors (Lipinski definition) is 1. The first kappa shape index (κ1) is 14.1. The molecule has 0 saturated heterocycles. The Balaban J connectivity index is 0.00000169. The van der Waals surface area contributed by atoms with Gasteiger partial charge in [0, 0.05) is 0 Å². The van der Waals surface area contributed by atoms with Crippen LogP contribution in [0.4, 0.5) is 0 Å². The van der Waals surface area contributed by atoms with Gasteiger partial charge < -0.3 is 15.2 Å². The Labute approximate surface area is 104 Å². The molecule has 0 aromatic heterocycles. The summed E-state index contributed by atoms with van der Waals surface area (Å²) in [7, 11) is -4.29. The molecule has 1 rings (SSSR count). The van der Waals surface area contributed by atoms with Gasteiger partial charge in [0.05, 0.1) is 0 Å². The molecule has 14 heavy (non-hydrogen) atoms. The monoisotopic (exact) mass is 225 g/mol. The number of para-hydroxylation sites is 1. The molecule has 0 saturated carbocycles. The van der Waals surface area contributed by atoms with E-state index in [2.05, 4.69) is 9.05 Å². The van der Waals surface area contributed by atoms with Crippen LogP contribution >= 0.6 is 7.82 Å². The molecule has 0 aliphatic carbocycles. The first-order valence-corrected chi connectivity index (χ1v) is 5.00. The summed E-state index contributed by atoms with van der Waals surface area (Å²) >= 11 is 0. The molecular formula is C7H9NNaO4P. The third kappa shape index (κ3) is 5.12. The molecule has 7 heteroatoms. The summed E-state index contributed by atoms with van der Waals surface area (Å²) in [5.74, 6) is 0.203. The number of rotatable bonds is 4. The summed E-state index contributed by atoms with van der Waals surface area (Å²) in [6, 6.07) is 8.05. The van der Waals surface area contributed by atoms with Crippen molar-refractivity contribution in [3.8, 4) is 5.75 Å². The topological polar surface area (TPSA) is 84.6 Å². The Hall–Kier alpha value is 0.130. The average Bonchev–Trinajstić information content (AvgIpc) is 2.04. The van der Waals surface area contributed by atoms with Crippen molar-refractivity contribution in [3.05, 3.63) is 30.3 Å². The molecule has 0 heterocycles. The fraction of sp³-hybridized carbons (Fsp3) is 0.143. The van der Waals surface area contributed by atoms with Crippen LogP contribution in [-0.2, 0) is 9.09 Å². The average molecular weight is 225 g/mol. The smallest absolute Gasteiger partial charge is 0.746 e. The molecule has 72 valence electrons. The fourth-order valence-electron chi connectivity index (χ4n) is 0.728. The standard InChI is InChI=1S/C7H10NO4P.Na/c8-6-11-13(9,10)12-7-4-2-1-3-5-7;/h1-5H,6,8H2,(H,9,10);/q;+1/p-1.